The Morgan fingerprint density at radius 1 is 1.14 bits per heavy atom. The maximum absolute atomic E-state index is 11.8. The lowest BCUT2D eigenvalue weighted by Gasteiger charge is -2.26. The highest BCUT2D eigenvalue weighted by Crippen LogP contribution is 2.36. The minimum Gasteiger partial charge on any atom is -0.491 e. The van der Waals surface area contributed by atoms with Gasteiger partial charge < -0.3 is 25.5 Å². The molecule has 0 aliphatic carbocycles. The second-order valence-corrected chi connectivity index (χ2v) is 10.3. The number of para-hydroxylation sites is 1. The number of nitrogens with zero attached hydrogens (tertiary/aromatic N) is 1. The van der Waals surface area contributed by atoms with Crippen LogP contribution in [-0.2, 0) is 18.4 Å². The predicted molar refractivity (Wildman–Crippen MR) is 144 cm³/mol. The number of fused-ring (bicyclic) bond motifs is 2. The average molecular weight is 484 g/mol. The van der Waals surface area contributed by atoms with E-state index in [9.17, 15) is 9.90 Å². The van der Waals surface area contributed by atoms with E-state index < -0.39 is 5.97 Å². The summed E-state index contributed by atoms with van der Waals surface area (Å²) in [7, 11) is 1.98. The van der Waals surface area contributed by atoms with Crippen molar-refractivity contribution in [2.24, 2.45) is 5.73 Å². The number of nitrogens with one attached hydrogen (secondary N) is 1. The molecule has 0 fully saturated rings. The van der Waals surface area contributed by atoms with Crippen molar-refractivity contribution >= 4 is 16.9 Å². The van der Waals surface area contributed by atoms with E-state index in [0.717, 1.165) is 46.3 Å². The number of carboxylic acids is 1. The topological polar surface area (TPSA) is 89.5 Å². The maximum Gasteiger partial charge on any atom is 0.337 e. The second-order valence-electron chi connectivity index (χ2n) is 10.3. The summed E-state index contributed by atoms with van der Waals surface area (Å²) in [6.45, 7) is 6.55. The summed E-state index contributed by atoms with van der Waals surface area (Å²) in [6, 6.07) is 20.4. The van der Waals surface area contributed by atoms with Gasteiger partial charge in [-0.3, -0.25) is 0 Å². The van der Waals surface area contributed by atoms with E-state index in [1.54, 1.807) is 12.1 Å². The van der Waals surface area contributed by atoms with E-state index in [0.29, 0.717) is 18.7 Å². The second kappa shape index (κ2) is 9.45. The zero-order valence-corrected chi connectivity index (χ0v) is 21.0. The molecule has 1 aliphatic heterocycles. The number of benzene rings is 3. The van der Waals surface area contributed by atoms with E-state index in [2.05, 4.69) is 54.1 Å². The van der Waals surface area contributed by atoms with Crippen LogP contribution >= 0.6 is 0 Å². The van der Waals surface area contributed by atoms with Gasteiger partial charge in [-0.1, -0.05) is 50.2 Å². The summed E-state index contributed by atoms with van der Waals surface area (Å²) in [5.41, 5.74) is 13.1. The van der Waals surface area contributed by atoms with Crippen LogP contribution in [0.1, 0.15) is 46.9 Å². The molecule has 0 spiro atoms. The van der Waals surface area contributed by atoms with E-state index in [4.69, 9.17) is 10.5 Å². The van der Waals surface area contributed by atoms with Crippen molar-refractivity contribution in [1.82, 2.24) is 9.88 Å². The minimum absolute atomic E-state index is 0.0631. The van der Waals surface area contributed by atoms with Crippen molar-refractivity contribution in [3.05, 3.63) is 89.1 Å². The van der Waals surface area contributed by atoms with Crippen molar-refractivity contribution < 1.29 is 14.6 Å². The Labute approximate surface area is 211 Å². The lowest BCUT2D eigenvalue weighted by atomic mass is 9.81. The molecule has 6 heteroatoms. The molecule has 0 saturated carbocycles. The fourth-order valence-corrected chi connectivity index (χ4v) is 5.23. The average Bonchev–Trinajstić information content (AvgIpc) is 3.45. The van der Waals surface area contributed by atoms with Crippen molar-refractivity contribution in [2.45, 2.75) is 38.3 Å². The number of rotatable bonds is 8. The van der Waals surface area contributed by atoms with Gasteiger partial charge in [0.1, 0.15) is 12.4 Å². The molecule has 4 N–H and O–H groups in total. The highest BCUT2D eigenvalue weighted by molar-refractivity contribution is 6.02. The van der Waals surface area contributed by atoms with Gasteiger partial charge in [-0.15, -0.1) is 0 Å². The number of aryl methyl sites for hydroxylation is 2. The van der Waals surface area contributed by atoms with Crippen molar-refractivity contribution in [1.29, 1.82) is 0 Å². The molecule has 1 aromatic heterocycles. The van der Waals surface area contributed by atoms with Crippen LogP contribution in [0.2, 0.25) is 0 Å². The van der Waals surface area contributed by atoms with Crippen molar-refractivity contribution in [2.75, 3.05) is 20.2 Å². The smallest absolute Gasteiger partial charge is 0.337 e. The van der Waals surface area contributed by atoms with Crippen LogP contribution in [0.4, 0.5) is 0 Å². The van der Waals surface area contributed by atoms with Gasteiger partial charge in [-0.05, 0) is 60.0 Å². The molecule has 0 bridgehead atoms. The number of aromatic nitrogens is 1. The van der Waals surface area contributed by atoms with Crippen LogP contribution in [0, 0.1) is 0 Å². The van der Waals surface area contributed by atoms with Crippen LogP contribution in [0.5, 0.6) is 5.75 Å². The number of hydrogen-bond donors (Lipinski definition) is 3. The Hall–Kier alpha value is -3.61. The molecule has 36 heavy (non-hydrogen) atoms. The fraction of sp³-hybridized carbons (Fsp3) is 0.300. The predicted octanol–water partition coefficient (Wildman–Crippen LogP) is 5.14. The Morgan fingerprint density at radius 2 is 1.97 bits per heavy atom. The number of aromatic carboxylic acids is 1. The van der Waals surface area contributed by atoms with Crippen LogP contribution in [0.25, 0.3) is 22.0 Å². The summed E-state index contributed by atoms with van der Waals surface area (Å²) in [5.74, 6) is -0.0377. The Bertz CT molecular complexity index is 1440. The third-order valence-corrected chi connectivity index (χ3v) is 7.21. The molecule has 5 rings (SSSR count). The van der Waals surface area contributed by atoms with Gasteiger partial charge in [0.25, 0.3) is 0 Å². The molecule has 0 amide bonds. The fourth-order valence-electron chi connectivity index (χ4n) is 5.23. The lowest BCUT2D eigenvalue weighted by Crippen LogP contribution is -2.30. The van der Waals surface area contributed by atoms with Crippen LogP contribution in [-0.4, -0.2) is 35.8 Å². The Balaban J connectivity index is 1.53. The van der Waals surface area contributed by atoms with E-state index >= 15 is 0 Å². The monoisotopic (exact) mass is 483 g/mol. The van der Waals surface area contributed by atoms with Crippen LogP contribution in [0.3, 0.4) is 0 Å². The molecule has 1 atom stereocenters. The zero-order chi connectivity index (χ0) is 25.4. The molecule has 0 saturated heterocycles. The quantitative estimate of drug-likeness (QED) is 0.323. The molecule has 3 aromatic carbocycles. The molecule has 1 aliphatic rings. The number of hydrogen-bond acceptors (Lipinski definition) is 4. The SMILES string of the molecule is CNCC(C)(C)c1cc(CCn2ccc3cccc(C(=O)O)c32)cc(-c2ccc3c(c2)C(N)CO3)c1. The Morgan fingerprint density at radius 3 is 2.75 bits per heavy atom. The van der Waals surface area contributed by atoms with E-state index in [1.165, 1.54) is 11.1 Å². The summed E-state index contributed by atoms with van der Waals surface area (Å²) in [6.07, 6.45) is 2.76. The van der Waals surface area contributed by atoms with E-state index in [1.807, 2.05) is 31.4 Å². The van der Waals surface area contributed by atoms with Crippen molar-refractivity contribution in [3.63, 3.8) is 0 Å². The highest BCUT2D eigenvalue weighted by Gasteiger charge is 2.23. The number of carboxylic acid groups (broad SMARTS) is 1. The van der Waals surface area contributed by atoms with Gasteiger partial charge in [-0.25, -0.2) is 4.79 Å². The van der Waals surface area contributed by atoms with Crippen molar-refractivity contribution in [3.8, 4) is 16.9 Å². The largest absolute Gasteiger partial charge is 0.491 e. The van der Waals surface area contributed by atoms with Gasteiger partial charge in [0.2, 0.25) is 0 Å². The minimum atomic E-state index is -0.905. The number of nitrogens with two attached hydrogens (primary N) is 1. The van der Waals surface area contributed by atoms with Gasteiger partial charge in [0.15, 0.2) is 0 Å². The van der Waals surface area contributed by atoms with Crippen LogP contribution < -0.4 is 15.8 Å². The third-order valence-electron chi connectivity index (χ3n) is 7.21. The molecular formula is C30H33N3O3. The first-order chi connectivity index (χ1) is 17.3. The number of ether oxygens (including phenoxy) is 1. The van der Waals surface area contributed by atoms with E-state index in [-0.39, 0.29) is 11.5 Å². The zero-order valence-electron chi connectivity index (χ0n) is 21.0. The van der Waals surface area contributed by atoms with Gasteiger partial charge >= 0.3 is 5.97 Å². The standard InChI is InChI=1S/C30H33N3O3/c1-30(2,18-32-3)23-14-19(9-11-33-12-10-20-5-4-6-24(28(20)33)29(34)35)13-22(15-23)21-7-8-27-25(16-21)26(31)17-36-27/h4-8,10,12-16,26,32H,9,11,17-18,31H2,1-3H3,(H,34,35). The molecule has 1 unspecified atom stereocenters. The first kappa shape index (κ1) is 24.1. The first-order valence-electron chi connectivity index (χ1n) is 12.4. The molecule has 6 nitrogen and oxygen atoms in total. The molecule has 186 valence electrons. The molecule has 4 aromatic rings. The normalized spacial score (nSPS) is 15.2. The third kappa shape index (κ3) is 4.50. The molecule has 0 radical (unpaired) electrons. The maximum atomic E-state index is 11.8. The summed E-state index contributed by atoms with van der Waals surface area (Å²) < 4.78 is 7.75. The summed E-state index contributed by atoms with van der Waals surface area (Å²) in [4.78, 5) is 11.8. The number of likely N-dealkylation sites (N-methyl/N-ethyl adjacent to an activating group) is 1. The highest BCUT2D eigenvalue weighted by atomic mass is 16.5. The lowest BCUT2D eigenvalue weighted by molar-refractivity contribution is 0.0698. The summed E-state index contributed by atoms with van der Waals surface area (Å²) in [5, 5.41) is 14.0. The summed E-state index contributed by atoms with van der Waals surface area (Å²) >= 11 is 0. The van der Waals surface area contributed by atoms with Gasteiger partial charge in [-0.2, -0.15) is 0 Å². The van der Waals surface area contributed by atoms with Gasteiger partial charge in [0, 0.05) is 35.7 Å². The Kier molecular flexibility index (Phi) is 6.33. The molecule has 2 heterocycles. The van der Waals surface area contributed by atoms with Gasteiger partial charge in [0.05, 0.1) is 17.1 Å². The number of carbonyl (C=O) groups is 1. The molecular weight excluding hydrogens is 450 g/mol. The first-order valence-corrected chi connectivity index (χ1v) is 12.4. The van der Waals surface area contributed by atoms with Crippen LogP contribution in [0.15, 0.2) is 66.9 Å².